The number of nitrogens with one attached hydrogen (secondary N) is 2. The van der Waals surface area contributed by atoms with E-state index >= 15 is 0 Å². The Balaban J connectivity index is 1.60. The van der Waals surface area contributed by atoms with Gasteiger partial charge in [-0.2, -0.15) is 0 Å². The van der Waals surface area contributed by atoms with Crippen LogP contribution in [-0.4, -0.2) is 23.0 Å². The number of fused-ring (bicyclic) bond motifs is 2. The highest BCUT2D eigenvalue weighted by Gasteiger charge is 2.41. The number of para-hydroxylation sites is 1. The van der Waals surface area contributed by atoms with E-state index in [2.05, 4.69) is 44.4 Å². The van der Waals surface area contributed by atoms with Crippen molar-refractivity contribution in [3.63, 3.8) is 0 Å². The van der Waals surface area contributed by atoms with Crippen LogP contribution in [0.2, 0.25) is 0 Å². The number of carbonyl (C=O) groups excluding carboxylic acids is 1. The third-order valence-electron chi connectivity index (χ3n) is 6.01. The van der Waals surface area contributed by atoms with Crippen molar-refractivity contribution in [1.29, 1.82) is 0 Å². The van der Waals surface area contributed by atoms with E-state index in [4.69, 9.17) is 9.72 Å². The van der Waals surface area contributed by atoms with Gasteiger partial charge in [-0.1, -0.05) is 12.1 Å². The minimum atomic E-state index is -0.213. The number of benzene rings is 2. The second-order valence-electron chi connectivity index (χ2n) is 9.82. The maximum absolute atomic E-state index is 13.3. The number of ether oxygens (including phenoxy) is 1. The first-order valence-corrected chi connectivity index (χ1v) is 13.2. The Labute approximate surface area is 208 Å². The van der Waals surface area contributed by atoms with E-state index < -0.39 is 0 Å². The topological polar surface area (TPSA) is 63.2 Å². The normalized spacial score (nSPS) is 16.3. The van der Waals surface area contributed by atoms with Crippen molar-refractivity contribution >= 4 is 43.8 Å². The molecule has 0 saturated carbocycles. The van der Waals surface area contributed by atoms with Crippen molar-refractivity contribution in [2.24, 2.45) is 0 Å². The molecule has 0 unspecified atom stereocenters. The van der Waals surface area contributed by atoms with E-state index in [9.17, 15) is 4.79 Å². The first-order valence-electron chi connectivity index (χ1n) is 11.5. The summed E-state index contributed by atoms with van der Waals surface area (Å²) in [6.07, 6.45) is 0.868. The number of thiazole rings is 1. The second kappa shape index (κ2) is 8.48. The number of nitrogens with zero attached hydrogens (tertiary/aromatic N) is 1. The summed E-state index contributed by atoms with van der Waals surface area (Å²) in [6, 6.07) is 15.5. The summed E-state index contributed by atoms with van der Waals surface area (Å²) in [5.74, 6) is 0.630. The zero-order chi connectivity index (χ0) is 24.1. The highest BCUT2D eigenvalue weighted by Crippen LogP contribution is 2.50. The summed E-state index contributed by atoms with van der Waals surface area (Å²) < 4.78 is 6.67. The van der Waals surface area contributed by atoms with E-state index in [-0.39, 0.29) is 17.0 Å². The molecule has 1 amide bonds. The Kier molecular flexibility index (Phi) is 5.74. The molecule has 176 valence electrons. The predicted molar refractivity (Wildman–Crippen MR) is 142 cm³/mol. The number of aromatic nitrogens is 1. The van der Waals surface area contributed by atoms with Gasteiger partial charge < -0.3 is 15.4 Å². The number of carbonyl (C=O) groups is 1. The monoisotopic (exact) mass is 491 g/mol. The van der Waals surface area contributed by atoms with Crippen LogP contribution in [0, 0.1) is 0 Å². The number of amides is 1. The summed E-state index contributed by atoms with van der Waals surface area (Å²) in [6.45, 7) is 11.4. The number of hydrogen-bond donors (Lipinski definition) is 2. The van der Waals surface area contributed by atoms with E-state index in [1.54, 1.807) is 34.8 Å². The second-order valence-corrected chi connectivity index (χ2v) is 11.9. The molecule has 4 aromatic rings. The minimum absolute atomic E-state index is 0.0700. The van der Waals surface area contributed by atoms with Gasteiger partial charge in [-0.05, 0) is 83.0 Å². The van der Waals surface area contributed by atoms with Crippen molar-refractivity contribution in [1.82, 2.24) is 10.3 Å². The van der Waals surface area contributed by atoms with E-state index in [0.29, 0.717) is 12.2 Å². The van der Waals surface area contributed by atoms with Gasteiger partial charge in [-0.3, -0.25) is 4.79 Å². The van der Waals surface area contributed by atoms with Gasteiger partial charge in [-0.15, -0.1) is 22.7 Å². The quantitative estimate of drug-likeness (QED) is 0.321. The summed E-state index contributed by atoms with van der Waals surface area (Å²) in [5, 5.41) is 8.81. The maximum Gasteiger partial charge on any atom is 0.256 e. The lowest BCUT2D eigenvalue weighted by atomic mass is 9.81. The molecule has 1 aliphatic rings. The Bertz CT molecular complexity index is 1330. The molecule has 2 aromatic heterocycles. The molecule has 0 spiro atoms. The summed E-state index contributed by atoms with van der Waals surface area (Å²) in [7, 11) is 0. The lowest BCUT2D eigenvalue weighted by Crippen LogP contribution is -2.54. The Morgan fingerprint density at radius 1 is 1.09 bits per heavy atom. The summed E-state index contributed by atoms with van der Waals surface area (Å²) >= 11 is 3.34. The minimum Gasteiger partial charge on any atom is -0.494 e. The van der Waals surface area contributed by atoms with Crippen LogP contribution in [0.1, 0.15) is 55.4 Å². The molecule has 7 heteroatoms. The van der Waals surface area contributed by atoms with E-state index in [1.807, 2.05) is 37.3 Å². The van der Waals surface area contributed by atoms with Crippen LogP contribution in [0.5, 0.6) is 5.75 Å². The van der Waals surface area contributed by atoms with E-state index in [0.717, 1.165) is 38.0 Å². The standard InChI is InChI=1S/C27H29N3O2S2/c1-6-32-17-13-11-16(12-14-17)23(31)29-25-21(24-28-19-9-7-8-10-20(19)33-24)18-15-26(2,3)30-27(4,5)22(18)34-25/h7-14,30H,6,15H2,1-5H3,(H,29,31). The highest BCUT2D eigenvalue weighted by atomic mass is 32.1. The van der Waals surface area contributed by atoms with Crippen LogP contribution in [0.3, 0.4) is 0 Å². The molecule has 2 aromatic carbocycles. The smallest absolute Gasteiger partial charge is 0.256 e. The maximum atomic E-state index is 13.3. The average molecular weight is 492 g/mol. The fourth-order valence-electron chi connectivity index (χ4n) is 4.87. The zero-order valence-electron chi connectivity index (χ0n) is 20.1. The third-order valence-corrected chi connectivity index (χ3v) is 8.53. The van der Waals surface area contributed by atoms with Gasteiger partial charge in [0.05, 0.1) is 16.8 Å². The Morgan fingerprint density at radius 2 is 1.82 bits per heavy atom. The van der Waals surface area contributed by atoms with Crippen molar-refractivity contribution in [3.05, 3.63) is 64.5 Å². The van der Waals surface area contributed by atoms with Gasteiger partial charge in [0.25, 0.3) is 5.91 Å². The van der Waals surface area contributed by atoms with Crippen LogP contribution in [0.4, 0.5) is 5.00 Å². The van der Waals surface area contributed by atoms with Gasteiger partial charge in [0.2, 0.25) is 0 Å². The molecule has 5 nitrogen and oxygen atoms in total. The molecule has 3 heterocycles. The highest BCUT2D eigenvalue weighted by molar-refractivity contribution is 7.23. The van der Waals surface area contributed by atoms with Gasteiger partial charge in [0.15, 0.2) is 0 Å². The van der Waals surface area contributed by atoms with Crippen molar-refractivity contribution < 1.29 is 9.53 Å². The molecular weight excluding hydrogens is 462 g/mol. The first kappa shape index (κ1) is 23.0. The molecule has 1 aliphatic heterocycles. The zero-order valence-corrected chi connectivity index (χ0v) is 21.7. The predicted octanol–water partition coefficient (Wildman–Crippen LogP) is 6.84. The summed E-state index contributed by atoms with van der Waals surface area (Å²) in [5.41, 5.74) is 3.64. The fraction of sp³-hybridized carbons (Fsp3) is 0.333. The van der Waals surface area contributed by atoms with Crippen LogP contribution in [0.15, 0.2) is 48.5 Å². The van der Waals surface area contributed by atoms with Gasteiger partial charge >= 0.3 is 0 Å². The van der Waals surface area contributed by atoms with Crippen molar-refractivity contribution in [3.8, 4) is 16.3 Å². The fourth-order valence-corrected chi connectivity index (χ4v) is 7.25. The molecule has 34 heavy (non-hydrogen) atoms. The molecule has 0 radical (unpaired) electrons. The van der Waals surface area contributed by atoms with Gasteiger partial charge in [0.1, 0.15) is 15.8 Å². The molecule has 0 bridgehead atoms. The SMILES string of the molecule is CCOc1ccc(C(=O)Nc2sc3c(c2-c2nc4ccccc4s2)CC(C)(C)NC3(C)C)cc1. The Hall–Kier alpha value is -2.74. The lowest BCUT2D eigenvalue weighted by Gasteiger charge is -2.42. The number of hydrogen-bond acceptors (Lipinski definition) is 6. The molecule has 0 saturated heterocycles. The van der Waals surface area contributed by atoms with Crippen LogP contribution in [0.25, 0.3) is 20.8 Å². The largest absolute Gasteiger partial charge is 0.494 e. The number of anilines is 1. The average Bonchev–Trinajstić information content (AvgIpc) is 3.34. The molecule has 0 aliphatic carbocycles. The molecular formula is C27H29N3O2S2. The van der Waals surface area contributed by atoms with Crippen LogP contribution >= 0.6 is 22.7 Å². The molecule has 5 rings (SSSR count). The third kappa shape index (κ3) is 4.24. The Morgan fingerprint density at radius 3 is 2.53 bits per heavy atom. The van der Waals surface area contributed by atoms with Crippen LogP contribution in [-0.2, 0) is 12.0 Å². The number of thiophene rings is 1. The molecule has 0 fully saturated rings. The van der Waals surface area contributed by atoms with Gasteiger partial charge in [0, 0.05) is 27.1 Å². The van der Waals surface area contributed by atoms with Crippen LogP contribution < -0.4 is 15.4 Å². The van der Waals surface area contributed by atoms with Gasteiger partial charge in [-0.25, -0.2) is 4.98 Å². The van der Waals surface area contributed by atoms with Crippen molar-refractivity contribution in [2.75, 3.05) is 11.9 Å². The van der Waals surface area contributed by atoms with E-state index in [1.165, 1.54) is 10.4 Å². The molecule has 2 N–H and O–H groups in total. The molecule has 0 atom stereocenters. The summed E-state index contributed by atoms with van der Waals surface area (Å²) in [4.78, 5) is 19.5. The first-order chi connectivity index (χ1) is 16.2. The number of rotatable bonds is 5. The van der Waals surface area contributed by atoms with Crippen molar-refractivity contribution in [2.45, 2.75) is 52.1 Å². The lowest BCUT2D eigenvalue weighted by molar-refractivity contribution is 0.102.